The molecule has 0 bridgehead atoms. The second kappa shape index (κ2) is 7.72. The van der Waals surface area contributed by atoms with Crippen molar-refractivity contribution in [2.24, 2.45) is 0 Å². The van der Waals surface area contributed by atoms with Gasteiger partial charge in [0.05, 0.1) is 0 Å². The highest BCUT2D eigenvalue weighted by atomic mass is 35.5. The fourth-order valence-electron chi connectivity index (χ4n) is 1.71. The van der Waals surface area contributed by atoms with E-state index in [1.807, 2.05) is 12.3 Å². The Hall–Kier alpha value is -1.54. The molecule has 96 valence electrons. The minimum Gasteiger partial charge on any atom is -0.381 e. The van der Waals surface area contributed by atoms with Gasteiger partial charge in [-0.1, -0.05) is 23.8 Å². The van der Waals surface area contributed by atoms with E-state index in [0.717, 1.165) is 6.54 Å². The van der Waals surface area contributed by atoms with Crippen LogP contribution >= 0.6 is 11.6 Å². The van der Waals surface area contributed by atoms with Gasteiger partial charge in [0, 0.05) is 31.0 Å². The minimum absolute atomic E-state index is 0.817. The van der Waals surface area contributed by atoms with Crippen LogP contribution in [-0.4, -0.2) is 11.4 Å². The van der Waals surface area contributed by atoms with Gasteiger partial charge in [-0.3, -0.25) is 4.98 Å². The average molecular weight is 263 g/mol. The van der Waals surface area contributed by atoms with Gasteiger partial charge in [-0.2, -0.15) is 0 Å². The summed E-state index contributed by atoms with van der Waals surface area (Å²) in [6.07, 6.45) is 5.15. The maximum Gasteiger partial charge on any atom is 0.0416 e. The van der Waals surface area contributed by atoms with Crippen molar-refractivity contribution in [1.29, 1.82) is 0 Å². The molecule has 0 saturated carbocycles. The second-order valence-electron chi connectivity index (χ2n) is 4.03. The molecule has 0 aliphatic heterocycles. The summed E-state index contributed by atoms with van der Waals surface area (Å²) in [6, 6.07) is 10.5. The van der Waals surface area contributed by atoms with Crippen LogP contribution in [0.4, 0.5) is 5.69 Å². The number of anilines is 1. The van der Waals surface area contributed by atoms with Crippen LogP contribution in [0.2, 0.25) is 0 Å². The number of nitrogens with zero attached hydrogens (tertiary/aromatic N) is 1. The number of pyridine rings is 1. The molecule has 0 saturated heterocycles. The summed E-state index contributed by atoms with van der Waals surface area (Å²) in [7, 11) is 0. The fourth-order valence-corrected chi connectivity index (χ4v) is 1.71. The zero-order chi connectivity index (χ0) is 13.4. The van der Waals surface area contributed by atoms with Crippen LogP contribution in [0.1, 0.15) is 16.7 Å². The maximum absolute atomic E-state index is 4.64. The number of alkyl halides is 1. The van der Waals surface area contributed by atoms with Crippen LogP contribution in [0.15, 0.2) is 42.7 Å². The first-order valence-electron chi connectivity index (χ1n) is 5.83. The lowest BCUT2D eigenvalue weighted by Crippen LogP contribution is -2.01. The van der Waals surface area contributed by atoms with Gasteiger partial charge in [0.2, 0.25) is 0 Å². The van der Waals surface area contributed by atoms with Crippen LogP contribution in [0.5, 0.6) is 0 Å². The van der Waals surface area contributed by atoms with Crippen LogP contribution in [0.3, 0.4) is 0 Å². The van der Waals surface area contributed by atoms with E-state index in [-0.39, 0.29) is 0 Å². The van der Waals surface area contributed by atoms with Crippen molar-refractivity contribution in [2.45, 2.75) is 20.4 Å². The number of aryl methyl sites for hydroxylation is 2. The Morgan fingerprint density at radius 3 is 2.56 bits per heavy atom. The number of halogens is 1. The van der Waals surface area contributed by atoms with E-state index in [1.54, 1.807) is 6.20 Å². The van der Waals surface area contributed by atoms with Crippen molar-refractivity contribution in [3.63, 3.8) is 0 Å². The zero-order valence-corrected chi connectivity index (χ0v) is 11.8. The summed E-state index contributed by atoms with van der Waals surface area (Å²) in [6.45, 7) is 5.05. The van der Waals surface area contributed by atoms with Crippen molar-refractivity contribution in [1.82, 2.24) is 4.98 Å². The first-order chi connectivity index (χ1) is 8.75. The van der Waals surface area contributed by atoms with Crippen molar-refractivity contribution in [3.05, 3.63) is 59.4 Å². The zero-order valence-electron chi connectivity index (χ0n) is 11.1. The number of aromatic nitrogens is 1. The van der Waals surface area contributed by atoms with E-state index in [1.165, 1.54) is 28.8 Å². The summed E-state index contributed by atoms with van der Waals surface area (Å²) in [5.74, 6) is 0. The molecule has 2 rings (SSSR count). The Bertz CT molecular complexity index is 469. The lowest BCUT2D eigenvalue weighted by atomic mass is 10.1. The van der Waals surface area contributed by atoms with Crippen LogP contribution in [-0.2, 0) is 6.54 Å². The monoisotopic (exact) mass is 262 g/mol. The Labute approximate surface area is 114 Å². The van der Waals surface area contributed by atoms with E-state index in [2.05, 4.69) is 60.0 Å². The normalized spacial score (nSPS) is 9.33. The molecule has 0 spiro atoms. The molecule has 1 heterocycles. The smallest absolute Gasteiger partial charge is 0.0416 e. The molecular formula is C15H19ClN2. The minimum atomic E-state index is 0.817. The van der Waals surface area contributed by atoms with E-state index < -0.39 is 0 Å². The van der Waals surface area contributed by atoms with Gasteiger partial charge >= 0.3 is 0 Å². The SMILES string of the molecule is CCl.Cc1ccc(NCc2cccnc2)c(C)c1. The maximum atomic E-state index is 4.64. The molecule has 0 atom stereocenters. The molecule has 0 amide bonds. The Morgan fingerprint density at radius 1 is 1.17 bits per heavy atom. The average Bonchev–Trinajstić information content (AvgIpc) is 2.41. The molecule has 0 aliphatic rings. The summed E-state index contributed by atoms with van der Waals surface area (Å²) in [4.78, 5) is 4.09. The standard InChI is InChI=1S/C14H16N2.CH3Cl/c1-11-5-6-14(12(2)8-11)16-10-13-4-3-7-15-9-13;1-2/h3-9,16H,10H2,1-2H3;1H3. The first kappa shape index (κ1) is 14.5. The fraction of sp³-hybridized carbons (Fsp3) is 0.267. The highest BCUT2D eigenvalue weighted by Crippen LogP contribution is 2.16. The van der Waals surface area contributed by atoms with Gasteiger partial charge < -0.3 is 5.32 Å². The van der Waals surface area contributed by atoms with Crippen molar-refractivity contribution in [3.8, 4) is 0 Å². The van der Waals surface area contributed by atoms with E-state index in [0.29, 0.717) is 0 Å². The molecule has 0 fully saturated rings. The van der Waals surface area contributed by atoms with Crippen molar-refractivity contribution in [2.75, 3.05) is 11.7 Å². The summed E-state index contributed by atoms with van der Waals surface area (Å²) >= 11 is 4.64. The Morgan fingerprint density at radius 2 is 1.94 bits per heavy atom. The molecule has 0 radical (unpaired) electrons. The molecular weight excluding hydrogens is 244 g/mol. The summed E-state index contributed by atoms with van der Waals surface area (Å²) < 4.78 is 0. The molecule has 1 N–H and O–H groups in total. The van der Waals surface area contributed by atoms with E-state index in [9.17, 15) is 0 Å². The number of hydrogen-bond donors (Lipinski definition) is 1. The first-order valence-corrected chi connectivity index (χ1v) is 6.59. The Kier molecular flexibility index (Phi) is 6.23. The highest BCUT2D eigenvalue weighted by Gasteiger charge is 1.98. The Balaban J connectivity index is 0.000000771. The molecule has 18 heavy (non-hydrogen) atoms. The largest absolute Gasteiger partial charge is 0.381 e. The van der Waals surface area contributed by atoms with Crippen molar-refractivity contribution >= 4 is 17.3 Å². The van der Waals surface area contributed by atoms with Gasteiger partial charge in [-0.05, 0) is 37.1 Å². The van der Waals surface area contributed by atoms with Crippen LogP contribution in [0, 0.1) is 13.8 Å². The van der Waals surface area contributed by atoms with Gasteiger partial charge in [0.15, 0.2) is 0 Å². The van der Waals surface area contributed by atoms with Crippen LogP contribution in [0.25, 0.3) is 0 Å². The predicted molar refractivity (Wildman–Crippen MR) is 79.3 cm³/mol. The molecule has 1 aromatic heterocycles. The third-order valence-corrected chi connectivity index (χ3v) is 2.59. The van der Waals surface area contributed by atoms with Crippen molar-refractivity contribution < 1.29 is 0 Å². The predicted octanol–water partition coefficient (Wildman–Crippen LogP) is 4.17. The molecule has 1 aromatic carbocycles. The quantitative estimate of drug-likeness (QED) is 0.840. The lowest BCUT2D eigenvalue weighted by Gasteiger charge is -2.09. The van der Waals surface area contributed by atoms with Crippen LogP contribution < -0.4 is 5.32 Å². The summed E-state index contributed by atoms with van der Waals surface area (Å²) in [5, 5.41) is 3.42. The molecule has 0 unspecified atom stereocenters. The van der Waals surface area contributed by atoms with E-state index >= 15 is 0 Å². The molecule has 3 heteroatoms. The van der Waals surface area contributed by atoms with E-state index in [4.69, 9.17) is 0 Å². The third-order valence-electron chi connectivity index (χ3n) is 2.59. The van der Waals surface area contributed by atoms with Gasteiger partial charge in [-0.15, -0.1) is 11.6 Å². The summed E-state index contributed by atoms with van der Waals surface area (Å²) in [5.41, 5.74) is 4.96. The number of benzene rings is 1. The number of rotatable bonds is 3. The highest BCUT2D eigenvalue weighted by molar-refractivity contribution is 6.15. The van der Waals surface area contributed by atoms with Gasteiger partial charge in [0.25, 0.3) is 0 Å². The molecule has 2 nitrogen and oxygen atoms in total. The van der Waals surface area contributed by atoms with Gasteiger partial charge in [-0.25, -0.2) is 0 Å². The number of nitrogens with one attached hydrogen (secondary N) is 1. The third kappa shape index (κ3) is 4.38. The van der Waals surface area contributed by atoms with Gasteiger partial charge in [0.1, 0.15) is 0 Å². The number of hydrogen-bond acceptors (Lipinski definition) is 2. The second-order valence-corrected chi connectivity index (χ2v) is 4.03. The lowest BCUT2D eigenvalue weighted by molar-refractivity contribution is 1.11. The molecule has 0 aliphatic carbocycles. The topological polar surface area (TPSA) is 24.9 Å². The molecule has 2 aromatic rings.